The van der Waals surface area contributed by atoms with Crippen LogP contribution < -0.4 is 0 Å². The summed E-state index contributed by atoms with van der Waals surface area (Å²) in [5.41, 5.74) is 0. The predicted molar refractivity (Wildman–Crippen MR) is 51.6 cm³/mol. The van der Waals surface area contributed by atoms with Crippen LogP contribution in [-0.4, -0.2) is 30.2 Å². The smallest absolute Gasteiger partial charge is 0.410 e. The van der Waals surface area contributed by atoms with Crippen LogP contribution in [0.5, 0.6) is 0 Å². The Labute approximate surface area is 80.1 Å². The summed E-state index contributed by atoms with van der Waals surface area (Å²) < 4.78 is 5.14. The van der Waals surface area contributed by atoms with Gasteiger partial charge in [-0.15, -0.1) is 0 Å². The van der Waals surface area contributed by atoms with E-state index in [0.29, 0.717) is 18.6 Å². The number of likely N-dealkylation sites (tertiary alicyclic amines) is 1. The van der Waals surface area contributed by atoms with E-state index in [4.69, 9.17) is 4.74 Å². The lowest BCUT2D eigenvalue weighted by atomic mass is 10.2. The van der Waals surface area contributed by atoms with Crippen molar-refractivity contribution in [3.63, 3.8) is 0 Å². The van der Waals surface area contributed by atoms with Crippen molar-refractivity contribution < 1.29 is 9.53 Å². The largest absolute Gasteiger partial charge is 0.449 e. The Morgan fingerprint density at radius 2 is 2.31 bits per heavy atom. The first kappa shape index (κ1) is 10.4. The zero-order valence-corrected chi connectivity index (χ0v) is 8.75. The van der Waals surface area contributed by atoms with Gasteiger partial charge in [-0.1, -0.05) is 13.8 Å². The molecule has 0 unspecified atom stereocenters. The van der Waals surface area contributed by atoms with Crippen molar-refractivity contribution in [2.45, 2.75) is 39.7 Å². The fourth-order valence-corrected chi connectivity index (χ4v) is 1.53. The number of hydrogen-bond acceptors (Lipinski definition) is 2. The highest BCUT2D eigenvalue weighted by Gasteiger charge is 2.26. The van der Waals surface area contributed by atoms with Gasteiger partial charge in [-0.25, -0.2) is 4.79 Å². The predicted octanol–water partition coefficient (Wildman–Crippen LogP) is 2.26. The molecule has 76 valence electrons. The second-order valence-corrected chi connectivity index (χ2v) is 4.16. The standard InChI is InChI=1S/C10H19NO2/c1-8(2)7-13-10(12)11-6-4-5-9(11)3/h8-9H,4-7H2,1-3H3/t9-/m1/s1. The Hall–Kier alpha value is -0.730. The molecule has 1 fully saturated rings. The molecule has 0 aromatic carbocycles. The molecule has 1 heterocycles. The van der Waals surface area contributed by atoms with Crippen LogP contribution in [0.15, 0.2) is 0 Å². The molecule has 0 bridgehead atoms. The maximum atomic E-state index is 11.5. The zero-order chi connectivity index (χ0) is 9.84. The second-order valence-electron chi connectivity index (χ2n) is 4.16. The lowest BCUT2D eigenvalue weighted by Crippen LogP contribution is -2.34. The summed E-state index contributed by atoms with van der Waals surface area (Å²) in [5, 5.41) is 0. The van der Waals surface area contributed by atoms with Crippen LogP contribution in [0.2, 0.25) is 0 Å². The minimum Gasteiger partial charge on any atom is -0.449 e. The summed E-state index contributed by atoms with van der Waals surface area (Å²) in [6, 6.07) is 0.361. The van der Waals surface area contributed by atoms with E-state index in [-0.39, 0.29) is 6.09 Å². The van der Waals surface area contributed by atoms with Crippen molar-refractivity contribution in [1.82, 2.24) is 4.90 Å². The van der Waals surface area contributed by atoms with Crippen molar-refractivity contribution in [2.24, 2.45) is 5.92 Å². The molecule has 0 saturated carbocycles. The molecule has 1 saturated heterocycles. The van der Waals surface area contributed by atoms with E-state index in [9.17, 15) is 4.79 Å². The molecule has 1 atom stereocenters. The van der Waals surface area contributed by atoms with Gasteiger partial charge in [0.1, 0.15) is 0 Å². The molecule has 13 heavy (non-hydrogen) atoms. The molecular weight excluding hydrogens is 166 g/mol. The third-order valence-corrected chi connectivity index (χ3v) is 2.33. The third-order valence-electron chi connectivity index (χ3n) is 2.33. The van der Waals surface area contributed by atoms with Crippen molar-refractivity contribution in [1.29, 1.82) is 0 Å². The molecule has 3 nitrogen and oxygen atoms in total. The third kappa shape index (κ3) is 2.90. The Balaban J connectivity index is 2.30. The topological polar surface area (TPSA) is 29.5 Å². The van der Waals surface area contributed by atoms with E-state index < -0.39 is 0 Å². The molecule has 1 aliphatic rings. The number of nitrogens with zero attached hydrogens (tertiary/aromatic N) is 1. The van der Waals surface area contributed by atoms with Gasteiger partial charge in [-0.05, 0) is 25.7 Å². The van der Waals surface area contributed by atoms with E-state index in [0.717, 1.165) is 19.4 Å². The highest BCUT2D eigenvalue weighted by atomic mass is 16.6. The fraction of sp³-hybridized carbons (Fsp3) is 0.900. The van der Waals surface area contributed by atoms with E-state index in [2.05, 4.69) is 6.92 Å². The van der Waals surface area contributed by atoms with Crippen LogP contribution >= 0.6 is 0 Å². The average molecular weight is 185 g/mol. The number of ether oxygens (including phenoxy) is 1. The molecule has 0 N–H and O–H groups in total. The second kappa shape index (κ2) is 4.49. The molecule has 0 radical (unpaired) electrons. The minimum atomic E-state index is -0.140. The Morgan fingerprint density at radius 3 is 2.77 bits per heavy atom. The lowest BCUT2D eigenvalue weighted by Gasteiger charge is -2.21. The normalized spacial score (nSPS) is 22.5. The number of hydrogen-bond donors (Lipinski definition) is 0. The van der Waals surface area contributed by atoms with Gasteiger partial charge in [-0.2, -0.15) is 0 Å². The fourth-order valence-electron chi connectivity index (χ4n) is 1.53. The van der Waals surface area contributed by atoms with Crippen LogP contribution in [0.4, 0.5) is 4.79 Å². The summed E-state index contributed by atoms with van der Waals surface area (Å²) in [5.74, 6) is 0.418. The molecule has 0 aromatic rings. The number of carbonyl (C=O) groups is 1. The van der Waals surface area contributed by atoms with E-state index in [1.54, 1.807) is 0 Å². The quantitative estimate of drug-likeness (QED) is 0.660. The lowest BCUT2D eigenvalue weighted by molar-refractivity contribution is 0.0904. The summed E-state index contributed by atoms with van der Waals surface area (Å²) >= 11 is 0. The SMILES string of the molecule is CC(C)COC(=O)N1CCC[C@H]1C. The molecule has 1 aliphatic heterocycles. The highest BCUT2D eigenvalue weighted by molar-refractivity contribution is 5.68. The minimum absolute atomic E-state index is 0.140. The van der Waals surface area contributed by atoms with E-state index in [1.807, 2.05) is 18.7 Å². The Morgan fingerprint density at radius 1 is 1.62 bits per heavy atom. The number of rotatable bonds is 2. The van der Waals surface area contributed by atoms with Gasteiger partial charge in [0.15, 0.2) is 0 Å². The summed E-state index contributed by atoms with van der Waals surface area (Å²) in [4.78, 5) is 13.3. The summed E-state index contributed by atoms with van der Waals surface area (Å²) in [6.07, 6.45) is 2.08. The molecule has 0 aliphatic carbocycles. The van der Waals surface area contributed by atoms with Crippen LogP contribution in [0.25, 0.3) is 0 Å². The van der Waals surface area contributed by atoms with Gasteiger partial charge in [0.2, 0.25) is 0 Å². The van der Waals surface area contributed by atoms with Crippen molar-refractivity contribution in [2.75, 3.05) is 13.2 Å². The monoisotopic (exact) mass is 185 g/mol. The van der Waals surface area contributed by atoms with Crippen LogP contribution in [0.3, 0.4) is 0 Å². The van der Waals surface area contributed by atoms with Gasteiger partial charge in [-0.3, -0.25) is 0 Å². The Bertz CT molecular complexity index is 180. The van der Waals surface area contributed by atoms with Crippen LogP contribution in [0, 0.1) is 5.92 Å². The van der Waals surface area contributed by atoms with Crippen LogP contribution in [0.1, 0.15) is 33.6 Å². The molecule has 0 aromatic heterocycles. The highest BCUT2D eigenvalue weighted by Crippen LogP contribution is 2.17. The molecule has 0 spiro atoms. The number of carbonyl (C=O) groups excluding carboxylic acids is 1. The molecular formula is C10H19NO2. The molecule has 1 rings (SSSR count). The zero-order valence-electron chi connectivity index (χ0n) is 8.75. The summed E-state index contributed by atoms with van der Waals surface area (Å²) in [7, 11) is 0. The van der Waals surface area contributed by atoms with Gasteiger partial charge in [0.25, 0.3) is 0 Å². The average Bonchev–Trinajstić information content (AvgIpc) is 2.47. The van der Waals surface area contributed by atoms with Crippen molar-refractivity contribution >= 4 is 6.09 Å². The first-order chi connectivity index (χ1) is 6.11. The van der Waals surface area contributed by atoms with Gasteiger partial charge in [0.05, 0.1) is 6.61 Å². The first-order valence-electron chi connectivity index (χ1n) is 5.04. The van der Waals surface area contributed by atoms with Crippen LogP contribution in [-0.2, 0) is 4.74 Å². The Kier molecular flexibility index (Phi) is 3.58. The first-order valence-corrected chi connectivity index (χ1v) is 5.04. The number of amides is 1. The van der Waals surface area contributed by atoms with Gasteiger partial charge < -0.3 is 9.64 Å². The summed E-state index contributed by atoms with van der Waals surface area (Å²) in [6.45, 7) is 7.55. The molecule has 3 heteroatoms. The van der Waals surface area contributed by atoms with E-state index in [1.165, 1.54) is 0 Å². The maximum absolute atomic E-state index is 11.5. The molecule has 1 amide bonds. The van der Waals surface area contributed by atoms with E-state index >= 15 is 0 Å². The van der Waals surface area contributed by atoms with Gasteiger partial charge >= 0.3 is 6.09 Å². The van der Waals surface area contributed by atoms with Crippen molar-refractivity contribution in [3.8, 4) is 0 Å². The maximum Gasteiger partial charge on any atom is 0.410 e. The van der Waals surface area contributed by atoms with Gasteiger partial charge in [0, 0.05) is 12.6 Å². The van der Waals surface area contributed by atoms with Crippen molar-refractivity contribution in [3.05, 3.63) is 0 Å².